The molecular formula is C34H40F2N2O5. The summed E-state index contributed by atoms with van der Waals surface area (Å²) in [6.45, 7) is 4.97. The van der Waals surface area contributed by atoms with Crippen molar-refractivity contribution in [2.24, 2.45) is 5.92 Å². The van der Waals surface area contributed by atoms with Gasteiger partial charge < -0.3 is 25.2 Å². The lowest BCUT2D eigenvalue weighted by Crippen LogP contribution is -2.36. The first kappa shape index (κ1) is 31.8. The molecule has 7 nitrogen and oxygen atoms in total. The van der Waals surface area contributed by atoms with Crippen molar-refractivity contribution >= 4 is 17.7 Å². The molecule has 43 heavy (non-hydrogen) atoms. The standard InChI is InChI=1S/C34H40F2N2O5/c1-34(2,3)43-33(41)38-29(19-35)28-13-8-12-27(32(28)36)25-15-23(16-26(17-25)37-20-22-9-4-5-10-22)21-42-30-14-7-6-11-24(30)18-31(39)40/h6-8,11-17,22,29,37H,4-5,9-10,18-21H2,1-3H3,(H,38,41)(H,39,40). The lowest BCUT2D eigenvalue weighted by atomic mass is 9.96. The number of hydrogen-bond acceptors (Lipinski definition) is 5. The van der Waals surface area contributed by atoms with Crippen molar-refractivity contribution in [3.63, 3.8) is 0 Å². The molecule has 9 heteroatoms. The van der Waals surface area contributed by atoms with Gasteiger partial charge in [0.25, 0.3) is 0 Å². The van der Waals surface area contributed by atoms with Crippen LogP contribution in [0.2, 0.25) is 0 Å². The number of carbonyl (C=O) groups is 2. The van der Waals surface area contributed by atoms with Crippen LogP contribution in [0, 0.1) is 11.7 Å². The van der Waals surface area contributed by atoms with E-state index in [0.29, 0.717) is 22.8 Å². The summed E-state index contributed by atoms with van der Waals surface area (Å²) in [6, 6.07) is 16.0. The Labute approximate surface area is 251 Å². The molecular weight excluding hydrogens is 554 g/mol. The second-order valence-electron chi connectivity index (χ2n) is 12.0. The first-order valence-electron chi connectivity index (χ1n) is 14.7. The Hall–Kier alpha value is -4.14. The van der Waals surface area contributed by atoms with E-state index in [2.05, 4.69) is 10.6 Å². The molecule has 0 bridgehead atoms. The number of halogens is 2. The number of carbonyl (C=O) groups excluding carboxylic acids is 1. The number of carboxylic acids is 1. The van der Waals surface area contributed by atoms with E-state index in [1.54, 1.807) is 63.2 Å². The molecule has 1 amide bonds. The van der Waals surface area contributed by atoms with Gasteiger partial charge in [0.15, 0.2) is 0 Å². The van der Waals surface area contributed by atoms with Gasteiger partial charge in [0.2, 0.25) is 0 Å². The topological polar surface area (TPSA) is 96.9 Å². The molecule has 3 aromatic carbocycles. The number of ether oxygens (including phenoxy) is 2. The van der Waals surface area contributed by atoms with E-state index in [1.807, 2.05) is 12.1 Å². The van der Waals surface area contributed by atoms with Crippen LogP contribution in [0.15, 0.2) is 60.7 Å². The molecule has 0 radical (unpaired) electrons. The minimum atomic E-state index is -1.23. The molecule has 1 unspecified atom stereocenters. The maximum absolute atomic E-state index is 16.0. The predicted molar refractivity (Wildman–Crippen MR) is 162 cm³/mol. The monoisotopic (exact) mass is 594 g/mol. The summed E-state index contributed by atoms with van der Waals surface area (Å²) in [5.74, 6) is -0.578. The number of hydrogen-bond donors (Lipinski definition) is 3. The Balaban J connectivity index is 1.64. The minimum Gasteiger partial charge on any atom is -0.489 e. The largest absolute Gasteiger partial charge is 0.489 e. The van der Waals surface area contributed by atoms with Crippen molar-refractivity contribution in [1.29, 1.82) is 0 Å². The van der Waals surface area contributed by atoms with E-state index in [1.165, 1.54) is 18.9 Å². The van der Waals surface area contributed by atoms with E-state index >= 15 is 4.39 Å². The van der Waals surface area contributed by atoms with Gasteiger partial charge in [-0.3, -0.25) is 4.79 Å². The van der Waals surface area contributed by atoms with Gasteiger partial charge >= 0.3 is 12.1 Å². The third-order valence-electron chi connectivity index (χ3n) is 7.33. The van der Waals surface area contributed by atoms with Gasteiger partial charge in [0, 0.05) is 28.9 Å². The maximum Gasteiger partial charge on any atom is 0.408 e. The lowest BCUT2D eigenvalue weighted by Gasteiger charge is -2.23. The minimum absolute atomic E-state index is 0.00979. The maximum atomic E-state index is 16.0. The van der Waals surface area contributed by atoms with Gasteiger partial charge in [0.05, 0.1) is 12.5 Å². The van der Waals surface area contributed by atoms with Crippen molar-refractivity contribution in [2.75, 3.05) is 18.5 Å². The molecule has 230 valence electrons. The first-order valence-corrected chi connectivity index (χ1v) is 14.7. The second-order valence-corrected chi connectivity index (χ2v) is 12.0. The SMILES string of the molecule is CC(C)(C)OC(=O)NC(CF)c1cccc(-c2cc(COc3ccccc3CC(=O)O)cc(NCC3CCCC3)c2)c1F. The predicted octanol–water partition coefficient (Wildman–Crippen LogP) is 7.84. The van der Waals surface area contributed by atoms with Gasteiger partial charge in [-0.05, 0) is 74.9 Å². The summed E-state index contributed by atoms with van der Waals surface area (Å²) in [6.07, 6.45) is 3.75. The van der Waals surface area contributed by atoms with E-state index < -0.39 is 36.2 Å². The summed E-state index contributed by atoms with van der Waals surface area (Å²) in [5, 5.41) is 15.2. The Bertz CT molecular complexity index is 1420. The number of alkyl carbamates (subject to hydrolysis) is 1. The molecule has 1 aliphatic rings. The lowest BCUT2D eigenvalue weighted by molar-refractivity contribution is -0.136. The van der Waals surface area contributed by atoms with Crippen molar-refractivity contribution in [3.05, 3.63) is 83.2 Å². The van der Waals surface area contributed by atoms with Crippen LogP contribution >= 0.6 is 0 Å². The average molecular weight is 595 g/mol. The summed E-state index contributed by atoms with van der Waals surface area (Å²) in [7, 11) is 0. The quantitative estimate of drug-likeness (QED) is 0.198. The molecule has 4 rings (SSSR count). The van der Waals surface area contributed by atoms with Gasteiger partial charge in [0.1, 0.15) is 30.4 Å². The van der Waals surface area contributed by atoms with Crippen LogP contribution in [0.1, 0.15) is 69.2 Å². The highest BCUT2D eigenvalue weighted by molar-refractivity contribution is 5.72. The molecule has 0 saturated heterocycles. The molecule has 1 aliphatic carbocycles. The van der Waals surface area contributed by atoms with Gasteiger partial charge in [-0.1, -0.05) is 49.2 Å². The zero-order valence-corrected chi connectivity index (χ0v) is 24.9. The molecule has 1 saturated carbocycles. The van der Waals surface area contributed by atoms with Crippen molar-refractivity contribution in [3.8, 4) is 16.9 Å². The van der Waals surface area contributed by atoms with E-state index in [4.69, 9.17) is 9.47 Å². The number of carboxylic acid groups (broad SMARTS) is 1. The highest BCUT2D eigenvalue weighted by atomic mass is 19.1. The molecule has 0 aromatic heterocycles. The van der Waals surface area contributed by atoms with Crippen LogP contribution in [0.25, 0.3) is 11.1 Å². The Morgan fingerprint density at radius 1 is 1.05 bits per heavy atom. The summed E-state index contributed by atoms with van der Waals surface area (Å²) < 4.78 is 41.4. The van der Waals surface area contributed by atoms with Crippen molar-refractivity contribution in [1.82, 2.24) is 5.32 Å². The first-order chi connectivity index (χ1) is 20.5. The zero-order valence-electron chi connectivity index (χ0n) is 24.9. The van der Waals surface area contributed by atoms with Crippen molar-refractivity contribution < 1.29 is 33.0 Å². The summed E-state index contributed by atoms with van der Waals surface area (Å²) in [5.41, 5.74) is 2.12. The normalized spacial score (nSPS) is 14.3. The number of rotatable bonds is 12. The molecule has 1 fully saturated rings. The number of anilines is 1. The molecule has 0 aliphatic heterocycles. The summed E-state index contributed by atoms with van der Waals surface area (Å²) >= 11 is 0. The highest BCUT2D eigenvalue weighted by Gasteiger charge is 2.24. The molecule has 0 heterocycles. The average Bonchev–Trinajstić information content (AvgIpc) is 3.47. The fourth-order valence-corrected chi connectivity index (χ4v) is 5.32. The zero-order chi connectivity index (χ0) is 31.0. The molecule has 0 spiro atoms. The van der Waals surface area contributed by atoms with E-state index in [9.17, 15) is 19.1 Å². The molecule has 3 aromatic rings. The van der Waals surface area contributed by atoms with Crippen molar-refractivity contribution in [2.45, 2.75) is 71.1 Å². The van der Waals surface area contributed by atoms with Gasteiger partial charge in [-0.2, -0.15) is 0 Å². The summed E-state index contributed by atoms with van der Waals surface area (Å²) in [4.78, 5) is 23.7. The number of para-hydroxylation sites is 1. The van der Waals surface area contributed by atoms with Crippen LogP contribution in [-0.2, 0) is 22.6 Å². The van der Waals surface area contributed by atoms with Crippen LogP contribution in [0.3, 0.4) is 0 Å². The molecule has 1 atom stereocenters. The Morgan fingerprint density at radius 2 is 1.79 bits per heavy atom. The number of benzene rings is 3. The third-order valence-corrected chi connectivity index (χ3v) is 7.33. The Kier molecular flexibility index (Phi) is 10.6. The van der Waals surface area contributed by atoms with E-state index in [0.717, 1.165) is 30.6 Å². The van der Waals surface area contributed by atoms with Crippen LogP contribution in [0.5, 0.6) is 5.75 Å². The van der Waals surface area contributed by atoms with Crippen LogP contribution < -0.4 is 15.4 Å². The third kappa shape index (κ3) is 9.17. The smallest absolute Gasteiger partial charge is 0.408 e. The number of aliphatic carboxylic acids is 1. The van der Waals surface area contributed by atoms with Gasteiger partial charge in [-0.15, -0.1) is 0 Å². The number of alkyl halides is 1. The van der Waals surface area contributed by atoms with E-state index in [-0.39, 0.29) is 24.2 Å². The highest BCUT2D eigenvalue weighted by Crippen LogP contribution is 2.33. The molecule has 3 N–H and O–H groups in total. The number of amides is 1. The number of nitrogens with one attached hydrogen (secondary N) is 2. The fraction of sp³-hybridized carbons (Fsp3) is 0.412. The second kappa shape index (κ2) is 14.4. The van der Waals surface area contributed by atoms with Crippen LogP contribution in [0.4, 0.5) is 19.3 Å². The Morgan fingerprint density at radius 3 is 2.49 bits per heavy atom. The van der Waals surface area contributed by atoms with Crippen LogP contribution in [-0.4, -0.2) is 36.0 Å². The fourth-order valence-electron chi connectivity index (χ4n) is 5.32. The van der Waals surface area contributed by atoms with Gasteiger partial charge in [-0.25, -0.2) is 13.6 Å².